The van der Waals surface area contributed by atoms with Crippen molar-refractivity contribution in [2.24, 2.45) is 5.73 Å². The van der Waals surface area contributed by atoms with Crippen molar-refractivity contribution in [3.05, 3.63) is 75.8 Å². The zero-order valence-corrected chi connectivity index (χ0v) is 19.4. The van der Waals surface area contributed by atoms with Gasteiger partial charge in [0.1, 0.15) is 5.65 Å². The number of benzene rings is 1. The third-order valence-electron chi connectivity index (χ3n) is 4.58. The number of hydrogen-bond donors (Lipinski definition) is 3. The monoisotopic (exact) mass is 484 g/mol. The molecule has 0 bridgehead atoms. The van der Waals surface area contributed by atoms with Gasteiger partial charge in [-0.05, 0) is 52.7 Å². The lowest BCUT2D eigenvalue weighted by Gasteiger charge is -2.18. The Labute approximate surface area is 188 Å². The largest absolute Gasteiger partial charge is 0.346 e. The zero-order valence-electron chi connectivity index (χ0n) is 17.0. The molecule has 0 aliphatic carbocycles. The summed E-state index contributed by atoms with van der Waals surface area (Å²) in [4.78, 5) is 22.1. The first-order chi connectivity index (χ1) is 14.7. The number of carbonyl (C=O) groups excluding carboxylic acids is 1. The average molecular weight is 485 g/mol. The lowest BCUT2D eigenvalue weighted by molar-refractivity contribution is 0.0939. The number of thiophene rings is 1. The number of rotatable bonds is 6. The van der Waals surface area contributed by atoms with Gasteiger partial charge in [0.25, 0.3) is 5.91 Å². The van der Waals surface area contributed by atoms with Crippen LogP contribution in [0.5, 0.6) is 0 Å². The predicted molar refractivity (Wildman–Crippen MR) is 129 cm³/mol. The standard InChI is InChI=1S/C21H19BrN4OS.C2H6/c22-16-12-18(21(27)26-17(6-9-23)13-4-2-1-3-5-13)28-19(16)14-7-10-24-20-15(14)8-11-25-20;1-2/h1-5,7-8,10-12,17H,6,9,23H2,(H,24,25)(H,26,27);1-2H3. The Morgan fingerprint density at radius 2 is 2.00 bits per heavy atom. The highest BCUT2D eigenvalue weighted by molar-refractivity contribution is 9.10. The Morgan fingerprint density at radius 1 is 1.23 bits per heavy atom. The van der Waals surface area contributed by atoms with E-state index in [1.165, 1.54) is 11.3 Å². The highest BCUT2D eigenvalue weighted by atomic mass is 79.9. The first-order valence-corrected chi connectivity index (χ1v) is 11.6. The maximum Gasteiger partial charge on any atom is 0.261 e. The van der Waals surface area contributed by atoms with Crippen LogP contribution in [0.15, 0.2) is 65.4 Å². The van der Waals surface area contributed by atoms with Crippen molar-refractivity contribution in [1.29, 1.82) is 0 Å². The highest BCUT2D eigenvalue weighted by Crippen LogP contribution is 2.39. The van der Waals surface area contributed by atoms with Crippen LogP contribution in [0.25, 0.3) is 21.5 Å². The molecule has 0 saturated carbocycles. The number of nitrogens with zero attached hydrogens (tertiary/aromatic N) is 1. The second kappa shape index (κ2) is 10.5. The molecule has 3 aromatic heterocycles. The maximum absolute atomic E-state index is 12.9. The first-order valence-electron chi connectivity index (χ1n) is 9.95. The van der Waals surface area contributed by atoms with Gasteiger partial charge < -0.3 is 16.0 Å². The smallest absolute Gasteiger partial charge is 0.261 e. The third-order valence-corrected chi connectivity index (χ3v) is 6.63. The molecule has 0 aliphatic rings. The number of aromatic nitrogens is 2. The van der Waals surface area contributed by atoms with Crippen LogP contribution in [0.4, 0.5) is 0 Å². The van der Waals surface area contributed by atoms with Crippen LogP contribution >= 0.6 is 27.3 Å². The molecular formula is C23H25BrN4OS. The number of nitrogens with two attached hydrogens (primary N) is 1. The Kier molecular flexibility index (Phi) is 7.79. The highest BCUT2D eigenvalue weighted by Gasteiger charge is 2.20. The average Bonchev–Trinajstić information content (AvgIpc) is 3.42. The summed E-state index contributed by atoms with van der Waals surface area (Å²) in [6.45, 7) is 4.50. The van der Waals surface area contributed by atoms with Crippen molar-refractivity contribution < 1.29 is 4.79 Å². The molecule has 5 nitrogen and oxygen atoms in total. The first kappa shape index (κ1) is 22.2. The maximum atomic E-state index is 12.9. The third kappa shape index (κ3) is 4.80. The lowest BCUT2D eigenvalue weighted by atomic mass is 10.0. The number of carbonyl (C=O) groups is 1. The van der Waals surface area contributed by atoms with Crippen LogP contribution in [0.2, 0.25) is 0 Å². The topological polar surface area (TPSA) is 83.8 Å². The molecule has 1 atom stereocenters. The summed E-state index contributed by atoms with van der Waals surface area (Å²) < 4.78 is 0.895. The molecule has 4 rings (SSSR count). The van der Waals surface area contributed by atoms with E-state index in [4.69, 9.17) is 5.73 Å². The number of fused-ring (bicyclic) bond motifs is 1. The van der Waals surface area contributed by atoms with Crippen LogP contribution < -0.4 is 11.1 Å². The number of H-pyrrole nitrogens is 1. The quantitative estimate of drug-likeness (QED) is 0.318. The Morgan fingerprint density at radius 3 is 2.73 bits per heavy atom. The van der Waals surface area contributed by atoms with Crippen LogP contribution in [0, 0.1) is 0 Å². The minimum absolute atomic E-state index is 0.0985. The molecule has 4 aromatic rings. The normalized spacial score (nSPS) is 11.6. The van der Waals surface area contributed by atoms with E-state index in [1.54, 1.807) is 6.20 Å². The van der Waals surface area contributed by atoms with Crippen molar-refractivity contribution >= 4 is 44.2 Å². The van der Waals surface area contributed by atoms with Crippen molar-refractivity contribution in [2.45, 2.75) is 26.3 Å². The van der Waals surface area contributed by atoms with Gasteiger partial charge in [-0.2, -0.15) is 0 Å². The summed E-state index contributed by atoms with van der Waals surface area (Å²) in [5.74, 6) is -0.0985. The molecular weight excluding hydrogens is 460 g/mol. The van der Waals surface area contributed by atoms with E-state index in [0.717, 1.165) is 31.5 Å². The molecule has 4 N–H and O–H groups in total. The van der Waals surface area contributed by atoms with E-state index in [0.29, 0.717) is 17.8 Å². The van der Waals surface area contributed by atoms with E-state index in [9.17, 15) is 4.79 Å². The lowest BCUT2D eigenvalue weighted by Crippen LogP contribution is -2.29. The number of pyridine rings is 1. The van der Waals surface area contributed by atoms with Crippen LogP contribution in [0.3, 0.4) is 0 Å². The van der Waals surface area contributed by atoms with Crippen molar-refractivity contribution in [1.82, 2.24) is 15.3 Å². The Hall–Kier alpha value is -2.48. The van der Waals surface area contributed by atoms with E-state index < -0.39 is 0 Å². The molecule has 0 radical (unpaired) electrons. The predicted octanol–water partition coefficient (Wildman–Crippen LogP) is 5.90. The molecule has 3 heterocycles. The fraction of sp³-hybridized carbons (Fsp3) is 0.217. The molecule has 7 heteroatoms. The summed E-state index contributed by atoms with van der Waals surface area (Å²) in [7, 11) is 0. The van der Waals surface area contributed by atoms with Gasteiger partial charge in [0.15, 0.2) is 0 Å². The molecule has 0 aliphatic heterocycles. The van der Waals surface area contributed by atoms with Gasteiger partial charge in [-0.1, -0.05) is 44.2 Å². The molecule has 30 heavy (non-hydrogen) atoms. The van der Waals surface area contributed by atoms with Crippen molar-refractivity contribution in [3.63, 3.8) is 0 Å². The number of hydrogen-bond acceptors (Lipinski definition) is 4. The molecule has 1 aromatic carbocycles. The van der Waals surface area contributed by atoms with Gasteiger partial charge in [-0.25, -0.2) is 4.98 Å². The van der Waals surface area contributed by atoms with Crippen LogP contribution in [-0.4, -0.2) is 22.4 Å². The minimum Gasteiger partial charge on any atom is -0.346 e. The second-order valence-electron chi connectivity index (χ2n) is 6.40. The molecule has 156 valence electrons. The van der Waals surface area contributed by atoms with Gasteiger partial charge >= 0.3 is 0 Å². The number of halogens is 1. The van der Waals surface area contributed by atoms with Crippen LogP contribution in [0.1, 0.15) is 41.5 Å². The molecule has 1 amide bonds. The summed E-state index contributed by atoms with van der Waals surface area (Å²) in [6.07, 6.45) is 4.32. The van der Waals surface area contributed by atoms with Gasteiger partial charge in [0.2, 0.25) is 0 Å². The summed E-state index contributed by atoms with van der Waals surface area (Å²) >= 11 is 5.08. The number of amides is 1. The fourth-order valence-corrected chi connectivity index (χ4v) is 5.06. The van der Waals surface area contributed by atoms with E-state index in [1.807, 2.05) is 68.6 Å². The van der Waals surface area contributed by atoms with Crippen molar-refractivity contribution in [3.8, 4) is 10.4 Å². The van der Waals surface area contributed by atoms with E-state index in [2.05, 4.69) is 31.2 Å². The minimum atomic E-state index is -0.111. The Bertz CT molecular complexity index is 1110. The molecule has 0 fully saturated rings. The van der Waals surface area contributed by atoms with Gasteiger partial charge in [0.05, 0.1) is 15.8 Å². The van der Waals surface area contributed by atoms with Crippen LogP contribution in [-0.2, 0) is 0 Å². The molecule has 1 unspecified atom stereocenters. The second-order valence-corrected chi connectivity index (χ2v) is 8.31. The Balaban J connectivity index is 0.00000124. The van der Waals surface area contributed by atoms with E-state index >= 15 is 0 Å². The number of aromatic amines is 1. The molecule has 0 saturated heterocycles. The SMILES string of the molecule is CC.NCCC(NC(=O)c1cc(Br)c(-c2ccnc3[nH]ccc23)s1)c1ccccc1. The van der Waals surface area contributed by atoms with Crippen molar-refractivity contribution in [2.75, 3.05) is 6.54 Å². The van der Waals surface area contributed by atoms with E-state index in [-0.39, 0.29) is 11.9 Å². The van der Waals surface area contributed by atoms with Gasteiger partial charge in [0, 0.05) is 27.8 Å². The summed E-state index contributed by atoms with van der Waals surface area (Å²) in [5, 5.41) is 4.16. The van der Waals surface area contributed by atoms with Gasteiger partial charge in [-0.15, -0.1) is 11.3 Å². The number of nitrogens with one attached hydrogen (secondary N) is 2. The zero-order chi connectivity index (χ0) is 21.5. The summed E-state index contributed by atoms with van der Waals surface area (Å²) in [5.41, 5.74) is 8.69. The summed E-state index contributed by atoms with van der Waals surface area (Å²) in [6, 6.07) is 15.6. The molecule has 0 spiro atoms. The fourth-order valence-electron chi connectivity index (χ4n) is 3.23. The van der Waals surface area contributed by atoms with Gasteiger partial charge in [-0.3, -0.25) is 4.79 Å².